The topological polar surface area (TPSA) is 77.4 Å². The molecule has 0 heterocycles. The van der Waals surface area contributed by atoms with Crippen molar-refractivity contribution in [2.75, 3.05) is 19.0 Å². The van der Waals surface area contributed by atoms with Crippen molar-refractivity contribution in [3.05, 3.63) is 114 Å². The molecule has 0 saturated carbocycles. The first-order valence-electron chi connectivity index (χ1n) is 14.2. The maximum Gasteiger partial charge on any atom is 0.0936 e. The average Bonchev–Trinajstić information content (AvgIpc) is 3.02. The van der Waals surface area contributed by atoms with Gasteiger partial charge in [0.1, 0.15) is 0 Å². The van der Waals surface area contributed by atoms with E-state index >= 15 is 0 Å². The third-order valence-electron chi connectivity index (χ3n) is 6.97. The first-order chi connectivity index (χ1) is 20.5. The van der Waals surface area contributed by atoms with Gasteiger partial charge in [-0.1, -0.05) is 49.7 Å². The van der Waals surface area contributed by atoms with Crippen molar-refractivity contribution in [1.29, 1.82) is 0 Å². The Labute approximate surface area is 247 Å². The molecule has 0 bridgehead atoms. The van der Waals surface area contributed by atoms with Gasteiger partial charge in [0.05, 0.1) is 34.1 Å². The molecule has 0 aliphatic heterocycles. The molecule has 0 aromatic heterocycles. The minimum absolute atomic E-state index is 0.741. The van der Waals surface area contributed by atoms with Crippen LogP contribution in [-0.4, -0.2) is 14.1 Å². The van der Waals surface area contributed by atoms with Gasteiger partial charge in [-0.2, -0.15) is 25.6 Å². The second-order valence-corrected chi connectivity index (χ2v) is 10.4. The van der Waals surface area contributed by atoms with E-state index < -0.39 is 0 Å². The Morgan fingerprint density at radius 3 is 1.69 bits per heavy atom. The number of rotatable bonds is 10. The van der Waals surface area contributed by atoms with Crippen LogP contribution in [0.15, 0.2) is 134 Å². The molecule has 5 aromatic carbocycles. The number of unbranched alkanes of at least 4 members (excludes halogenated alkanes) is 1. The second-order valence-electron chi connectivity index (χ2n) is 10.4. The van der Waals surface area contributed by atoms with Gasteiger partial charge in [0.15, 0.2) is 0 Å². The van der Waals surface area contributed by atoms with Gasteiger partial charge in [0.25, 0.3) is 0 Å². The molecule has 7 heteroatoms. The highest BCUT2D eigenvalue weighted by atomic mass is 15.1. The molecular formula is C35H35N7. The molecule has 5 rings (SSSR count). The summed E-state index contributed by atoms with van der Waals surface area (Å²) >= 11 is 0. The first-order valence-corrected chi connectivity index (χ1v) is 14.2. The Morgan fingerprint density at radius 2 is 1.07 bits per heavy atom. The van der Waals surface area contributed by atoms with E-state index in [9.17, 15) is 0 Å². The van der Waals surface area contributed by atoms with Crippen LogP contribution in [-0.2, 0) is 6.42 Å². The Morgan fingerprint density at radius 1 is 0.548 bits per heavy atom. The number of hydrogen-bond acceptors (Lipinski definition) is 7. The van der Waals surface area contributed by atoms with Crippen molar-refractivity contribution in [3.63, 3.8) is 0 Å². The molecule has 0 N–H and O–H groups in total. The maximum absolute atomic E-state index is 4.56. The second kappa shape index (κ2) is 13.5. The molecule has 0 aliphatic carbocycles. The van der Waals surface area contributed by atoms with Crippen molar-refractivity contribution < 1.29 is 0 Å². The first kappa shape index (κ1) is 28.5. The van der Waals surface area contributed by atoms with Crippen molar-refractivity contribution >= 4 is 50.6 Å². The normalized spacial score (nSPS) is 11.8. The van der Waals surface area contributed by atoms with Crippen LogP contribution in [0.3, 0.4) is 0 Å². The Balaban J connectivity index is 1.23. The van der Waals surface area contributed by atoms with Gasteiger partial charge < -0.3 is 4.90 Å². The van der Waals surface area contributed by atoms with E-state index in [1.165, 1.54) is 18.4 Å². The number of hydrogen-bond donors (Lipinski definition) is 0. The van der Waals surface area contributed by atoms with E-state index in [1.54, 1.807) is 0 Å². The molecule has 0 fully saturated rings. The minimum Gasteiger partial charge on any atom is -0.377 e. The van der Waals surface area contributed by atoms with Gasteiger partial charge in [-0.25, -0.2) is 0 Å². The van der Waals surface area contributed by atoms with Crippen LogP contribution >= 0.6 is 0 Å². The van der Waals surface area contributed by atoms with Crippen LogP contribution in [0.1, 0.15) is 30.9 Å². The summed E-state index contributed by atoms with van der Waals surface area (Å²) in [5.74, 6) is 0. The number of aryl methyl sites for hydroxylation is 2. The van der Waals surface area contributed by atoms with Crippen molar-refractivity contribution in [2.24, 2.45) is 30.7 Å². The van der Waals surface area contributed by atoms with Crippen LogP contribution in [0.4, 0.5) is 39.8 Å². The highest BCUT2D eigenvalue weighted by Crippen LogP contribution is 2.34. The zero-order valence-electron chi connectivity index (χ0n) is 24.6. The van der Waals surface area contributed by atoms with Crippen LogP contribution in [0.25, 0.3) is 10.8 Å². The molecule has 0 amide bonds. The van der Waals surface area contributed by atoms with Crippen molar-refractivity contribution in [3.8, 4) is 0 Å². The van der Waals surface area contributed by atoms with Gasteiger partial charge in [0.2, 0.25) is 0 Å². The van der Waals surface area contributed by atoms with Crippen LogP contribution in [0, 0.1) is 6.92 Å². The molecule has 0 saturated heterocycles. The van der Waals surface area contributed by atoms with Crippen LogP contribution < -0.4 is 4.90 Å². The average molecular weight is 554 g/mol. The standard InChI is InChI=1S/C35H35N7/c1-5-6-9-26-12-14-27(15-13-26)36-37-28-16-18-29(19-17-28)38-40-33-21-20-30(24-25(33)2)39-41-34-22-23-35(42(3)4)32-11-8-7-10-31(32)34/h7-8,10-24H,5-6,9H2,1-4H3. The molecule has 5 aromatic rings. The summed E-state index contributed by atoms with van der Waals surface area (Å²) in [4.78, 5) is 2.11. The number of fused-ring (bicyclic) bond motifs is 1. The quantitative estimate of drug-likeness (QED) is 0.158. The molecule has 0 unspecified atom stereocenters. The Kier molecular flexibility index (Phi) is 9.19. The highest BCUT2D eigenvalue weighted by molar-refractivity contribution is 6.01. The van der Waals surface area contributed by atoms with E-state index in [0.29, 0.717) is 0 Å². The summed E-state index contributed by atoms with van der Waals surface area (Å²) in [6, 6.07) is 33.9. The zero-order valence-corrected chi connectivity index (χ0v) is 24.6. The van der Waals surface area contributed by atoms with Crippen molar-refractivity contribution in [2.45, 2.75) is 33.1 Å². The molecule has 42 heavy (non-hydrogen) atoms. The number of nitrogens with zero attached hydrogens (tertiary/aromatic N) is 7. The largest absolute Gasteiger partial charge is 0.377 e. The van der Waals surface area contributed by atoms with E-state index in [2.05, 4.69) is 72.8 Å². The fourth-order valence-corrected chi connectivity index (χ4v) is 4.59. The summed E-state index contributed by atoms with van der Waals surface area (Å²) in [6.07, 6.45) is 3.50. The molecular weight excluding hydrogens is 518 g/mol. The SMILES string of the molecule is CCCCc1ccc(N=Nc2ccc(N=Nc3ccc(N=Nc4ccc(N(C)C)c5ccccc45)cc3C)cc2)cc1. The number of benzene rings is 5. The lowest BCUT2D eigenvalue weighted by Gasteiger charge is -2.16. The lowest BCUT2D eigenvalue weighted by molar-refractivity contribution is 0.795. The van der Waals surface area contributed by atoms with Crippen molar-refractivity contribution in [1.82, 2.24) is 0 Å². The van der Waals surface area contributed by atoms with Gasteiger partial charge in [-0.05, 0) is 97.6 Å². The lowest BCUT2D eigenvalue weighted by atomic mass is 10.1. The van der Waals surface area contributed by atoms with E-state index in [1.807, 2.05) is 93.8 Å². The predicted octanol–water partition coefficient (Wildman–Crippen LogP) is 11.8. The fourth-order valence-electron chi connectivity index (χ4n) is 4.59. The third kappa shape index (κ3) is 7.18. The highest BCUT2D eigenvalue weighted by Gasteiger charge is 2.07. The predicted molar refractivity (Wildman–Crippen MR) is 173 cm³/mol. The van der Waals surface area contributed by atoms with Gasteiger partial charge in [-0.3, -0.25) is 0 Å². The molecule has 0 atom stereocenters. The summed E-state index contributed by atoms with van der Waals surface area (Å²) < 4.78 is 0. The van der Waals surface area contributed by atoms with E-state index in [4.69, 9.17) is 0 Å². The molecule has 210 valence electrons. The van der Waals surface area contributed by atoms with Crippen LogP contribution in [0.5, 0.6) is 0 Å². The summed E-state index contributed by atoms with van der Waals surface area (Å²) in [6.45, 7) is 4.20. The Hall–Kier alpha value is -5.04. The lowest BCUT2D eigenvalue weighted by Crippen LogP contribution is -2.08. The summed E-state index contributed by atoms with van der Waals surface area (Å²) in [5.41, 5.74) is 8.17. The molecule has 0 spiro atoms. The monoisotopic (exact) mass is 553 g/mol. The van der Waals surface area contributed by atoms with E-state index in [0.717, 1.165) is 62.6 Å². The maximum atomic E-state index is 4.56. The van der Waals surface area contributed by atoms with Gasteiger partial charge in [0, 0.05) is 30.6 Å². The minimum atomic E-state index is 0.741. The van der Waals surface area contributed by atoms with Gasteiger partial charge in [-0.15, -0.1) is 5.11 Å². The zero-order chi connectivity index (χ0) is 29.3. The van der Waals surface area contributed by atoms with Gasteiger partial charge >= 0.3 is 0 Å². The number of anilines is 1. The fraction of sp³-hybridized carbons (Fsp3) is 0.200. The van der Waals surface area contributed by atoms with Crippen LogP contribution in [0.2, 0.25) is 0 Å². The summed E-state index contributed by atoms with van der Waals surface area (Å²) in [5, 5.41) is 28.8. The molecule has 0 radical (unpaired) electrons. The summed E-state index contributed by atoms with van der Waals surface area (Å²) in [7, 11) is 4.09. The molecule has 7 nitrogen and oxygen atoms in total. The van der Waals surface area contributed by atoms with E-state index in [-0.39, 0.29) is 0 Å². The third-order valence-corrected chi connectivity index (χ3v) is 6.97. The number of azo groups is 3. The smallest absolute Gasteiger partial charge is 0.0936 e. The molecule has 0 aliphatic rings. The Bertz CT molecular complexity index is 1730.